The lowest BCUT2D eigenvalue weighted by atomic mass is 10.1. The van der Waals surface area contributed by atoms with Gasteiger partial charge in [0.2, 0.25) is 10.0 Å². The van der Waals surface area contributed by atoms with Crippen LogP contribution in [0.1, 0.15) is 28.8 Å². The van der Waals surface area contributed by atoms with Crippen molar-refractivity contribution in [2.75, 3.05) is 20.3 Å². The summed E-state index contributed by atoms with van der Waals surface area (Å²) in [6, 6.07) is 6.05. The molecule has 0 spiro atoms. The molecule has 0 aromatic heterocycles. The molecule has 1 aromatic rings. The molecule has 1 aromatic carbocycles. The normalized spacial score (nSPS) is 19.6. The third-order valence-electron chi connectivity index (χ3n) is 3.59. The zero-order valence-corrected chi connectivity index (χ0v) is 12.7. The summed E-state index contributed by atoms with van der Waals surface area (Å²) in [5.41, 5.74) is 0.854. The van der Waals surface area contributed by atoms with Gasteiger partial charge in [-0.3, -0.25) is 0 Å². The summed E-state index contributed by atoms with van der Waals surface area (Å²) in [6.45, 7) is 0.270. The number of aliphatic hydroxyl groups is 1. The highest BCUT2D eigenvalue weighted by Crippen LogP contribution is 2.23. The summed E-state index contributed by atoms with van der Waals surface area (Å²) < 4.78 is 30.8. The molecule has 0 unspecified atom stereocenters. The standard InChI is InChI=1S/C14H19NO5S/c1-20-14(17)12-5-2-4-11(8-12)10-21(18,19)15-7-3-6-13(15)9-16/h2,4-5,8,13,16H,3,6-7,9-10H2,1H3/t13-/m0/s1. The molecule has 1 N–H and O–H groups in total. The van der Waals surface area contributed by atoms with Crippen LogP contribution in [0.15, 0.2) is 24.3 Å². The molecule has 21 heavy (non-hydrogen) atoms. The molecule has 1 atom stereocenters. The van der Waals surface area contributed by atoms with Crippen LogP contribution in [0.25, 0.3) is 0 Å². The first-order valence-corrected chi connectivity index (χ1v) is 8.36. The molecule has 116 valence electrons. The molecular weight excluding hydrogens is 294 g/mol. The van der Waals surface area contributed by atoms with E-state index in [1.807, 2.05) is 0 Å². The number of methoxy groups -OCH3 is 1. The number of carbonyl (C=O) groups excluding carboxylic acids is 1. The predicted molar refractivity (Wildman–Crippen MR) is 77.2 cm³/mol. The fourth-order valence-corrected chi connectivity index (χ4v) is 4.36. The lowest BCUT2D eigenvalue weighted by Crippen LogP contribution is -2.38. The minimum Gasteiger partial charge on any atom is -0.465 e. The van der Waals surface area contributed by atoms with Crippen LogP contribution in [-0.4, -0.2) is 50.1 Å². The fourth-order valence-electron chi connectivity index (χ4n) is 2.56. The average Bonchev–Trinajstić information content (AvgIpc) is 2.95. The SMILES string of the molecule is COC(=O)c1cccc(CS(=O)(=O)N2CCC[C@H]2CO)c1. The zero-order chi connectivity index (χ0) is 15.5. The highest BCUT2D eigenvalue weighted by atomic mass is 32.2. The van der Waals surface area contributed by atoms with Gasteiger partial charge in [-0.15, -0.1) is 0 Å². The van der Waals surface area contributed by atoms with Gasteiger partial charge in [-0.1, -0.05) is 12.1 Å². The first-order valence-electron chi connectivity index (χ1n) is 6.75. The van der Waals surface area contributed by atoms with Gasteiger partial charge in [-0.2, -0.15) is 4.31 Å². The van der Waals surface area contributed by atoms with E-state index in [0.29, 0.717) is 24.1 Å². The summed E-state index contributed by atoms with van der Waals surface area (Å²) in [7, 11) is -2.22. The summed E-state index contributed by atoms with van der Waals surface area (Å²) >= 11 is 0. The van der Waals surface area contributed by atoms with Gasteiger partial charge in [0.25, 0.3) is 0 Å². The second-order valence-electron chi connectivity index (χ2n) is 5.04. The molecule has 0 amide bonds. The highest BCUT2D eigenvalue weighted by molar-refractivity contribution is 7.88. The topological polar surface area (TPSA) is 83.9 Å². The highest BCUT2D eigenvalue weighted by Gasteiger charge is 2.33. The first-order chi connectivity index (χ1) is 9.97. The molecule has 0 radical (unpaired) electrons. The van der Waals surface area contributed by atoms with Crippen molar-refractivity contribution in [3.8, 4) is 0 Å². The van der Waals surface area contributed by atoms with Crippen molar-refractivity contribution in [3.63, 3.8) is 0 Å². The Morgan fingerprint density at radius 1 is 1.48 bits per heavy atom. The van der Waals surface area contributed by atoms with Gasteiger partial charge in [-0.05, 0) is 30.5 Å². The van der Waals surface area contributed by atoms with Crippen molar-refractivity contribution >= 4 is 16.0 Å². The minimum absolute atomic E-state index is 0.165. The molecule has 0 aliphatic carbocycles. The summed E-state index contributed by atoms with van der Waals surface area (Å²) in [5, 5.41) is 9.25. The lowest BCUT2D eigenvalue weighted by Gasteiger charge is -2.22. The molecule has 1 aliphatic heterocycles. The Kier molecular flexibility index (Phi) is 4.97. The number of hydrogen-bond donors (Lipinski definition) is 1. The zero-order valence-electron chi connectivity index (χ0n) is 11.9. The molecule has 0 saturated carbocycles. The largest absolute Gasteiger partial charge is 0.465 e. The van der Waals surface area contributed by atoms with Crippen molar-refractivity contribution in [1.82, 2.24) is 4.31 Å². The van der Waals surface area contributed by atoms with E-state index in [0.717, 1.165) is 6.42 Å². The van der Waals surface area contributed by atoms with Gasteiger partial charge in [0.15, 0.2) is 0 Å². The van der Waals surface area contributed by atoms with E-state index in [2.05, 4.69) is 4.74 Å². The van der Waals surface area contributed by atoms with Crippen LogP contribution in [0, 0.1) is 0 Å². The summed E-state index contributed by atoms with van der Waals surface area (Å²) in [4.78, 5) is 11.5. The number of hydrogen-bond acceptors (Lipinski definition) is 5. The average molecular weight is 313 g/mol. The smallest absolute Gasteiger partial charge is 0.337 e. The Balaban J connectivity index is 2.19. The van der Waals surface area contributed by atoms with Crippen LogP contribution in [0.5, 0.6) is 0 Å². The maximum atomic E-state index is 12.4. The minimum atomic E-state index is -3.50. The van der Waals surface area contributed by atoms with Crippen molar-refractivity contribution in [3.05, 3.63) is 35.4 Å². The second-order valence-corrected chi connectivity index (χ2v) is 6.96. The number of esters is 1. The molecule has 1 heterocycles. The third-order valence-corrected chi connectivity index (χ3v) is 5.48. The van der Waals surface area contributed by atoms with E-state index >= 15 is 0 Å². The Morgan fingerprint density at radius 3 is 2.90 bits per heavy atom. The van der Waals surface area contributed by atoms with E-state index < -0.39 is 16.0 Å². The number of carbonyl (C=O) groups is 1. The molecule has 6 nitrogen and oxygen atoms in total. The quantitative estimate of drug-likeness (QED) is 0.811. The second kappa shape index (κ2) is 6.55. The predicted octanol–water partition coefficient (Wildman–Crippen LogP) is 0.760. The molecule has 0 bridgehead atoms. The third kappa shape index (κ3) is 3.61. The monoisotopic (exact) mass is 313 g/mol. The van der Waals surface area contributed by atoms with Gasteiger partial charge < -0.3 is 9.84 Å². The molecule has 2 rings (SSSR count). The Hall–Kier alpha value is -1.44. The Labute approximate surface area is 124 Å². The van der Waals surface area contributed by atoms with E-state index in [4.69, 9.17) is 0 Å². The number of benzene rings is 1. The number of ether oxygens (including phenoxy) is 1. The van der Waals surface area contributed by atoms with Crippen LogP contribution in [0.4, 0.5) is 0 Å². The summed E-state index contributed by atoms with van der Waals surface area (Å²) in [5.74, 6) is -0.683. The van der Waals surface area contributed by atoms with Crippen LogP contribution in [-0.2, 0) is 20.5 Å². The molecular formula is C14H19NO5S. The van der Waals surface area contributed by atoms with E-state index in [1.54, 1.807) is 18.2 Å². The van der Waals surface area contributed by atoms with Gasteiger partial charge in [0.1, 0.15) is 0 Å². The fraction of sp³-hybridized carbons (Fsp3) is 0.500. The first kappa shape index (κ1) is 15.9. The van der Waals surface area contributed by atoms with E-state index in [1.165, 1.54) is 17.5 Å². The number of aliphatic hydroxyl groups excluding tert-OH is 1. The van der Waals surface area contributed by atoms with Crippen LogP contribution < -0.4 is 0 Å². The number of sulfonamides is 1. The molecule has 7 heteroatoms. The van der Waals surface area contributed by atoms with Gasteiger partial charge in [0.05, 0.1) is 25.0 Å². The van der Waals surface area contributed by atoms with E-state index in [-0.39, 0.29) is 18.4 Å². The van der Waals surface area contributed by atoms with Crippen molar-refractivity contribution in [1.29, 1.82) is 0 Å². The maximum Gasteiger partial charge on any atom is 0.337 e. The Morgan fingerprint density at radius 2 is 2.24 bits per heavy atom. The van der Waals surface area contributed by atoms with Crippen LogP contribution in [0.3, 0.4) is 0 Å². The Bertz CT molecular complexity index is 614. The molecule has 1 fully saturated rings. The van der Waals surface area contributed by atoms with E-state index in [9.17, 15) is 18.3 Å². The maximum absolute atomic E-state index is 12.4. The molecule has 1 saturated heterocycles. The van der Waals surface area contributed by atoms with Gasteiger partial charge >= 0.3 is 5.97 Å². The lowest BCUT2D eigenvalue weighted by molar-refractivity contribution is 0.0600. The summed E-state index contributed by atoms with van der Waals surface area (Å²) in [6.07, 6.45) is 1.44. The number of nitrogens with zero attached hydrogens (tertiary/aromatic N) is 1. The molecule has 1 aliphatic rings. The van der Waals surface area contributed by atoms with Gasteiger partial charge in [0, 0.05) is 12.6 Å². The number of rotatable bonds is 5. The van der Waals surface area contributed by atoms with Gasteiger partial charge in [-0.25, -0.2) is 13.2 Å². The van der Waals surface area contributed by atoms with Crippen molar-refractivity contribution in [2.45, 2.75) is 24.6 Å². The van der Waals surface area contributed by atoms with Crippen molar-refractivity contribution < 1.29 is 23.1 Å². The van der Waals surface area contributed by atoms with Crippen LogP contribution in [0.2, 0.25) is 0 Å². The van der Waals surface area contributed by atoms with Crippen molar-refractivity contribution in [2.24, 2.45) is 0 Å². The van der Waals surface area contributed by atoms with Crippen LogP contribution >= 0.6 is 0 Å².